The summed E-state index contributed by atoms with van der Waals surface area (Å²) in [6, 6.07) is 13.9. The molecule has 5 nitrogen and oxygen atoms in total. The Bertz CT molecular complexity index is 930. The first-order valence-electron chi connectivity index (χ1n) is 10.6. The zero-order valence-electron chi connectivity index (χ0n) is 17.6. The summed E-state index contributed by atoms with van der Waals surface area (Å²) in [7, 11) is 3.32. The van der Waals surface area contributed by atoms with Gasteiger partial charge in [-0.2, -0.15) is 0 Å². The number of hydrogen-bond donors (Lipinski definition) is 1. The zero-order chi connectivity index (χ0) is 20.9. The van der Waals surface area contributed by atoms with E-state index in [4.69, 9.17) is 14.2 Å². The number of nitrogens with one attached hydrogen (secondary N) is 1. The molecule has 4 rings (SSSR count). The van der Waals surface area contributed by atoms with Gasteiger partial charge in [-0.1, -0.05) is 18.2 Å². The minimum absolute atomic E-state index is 0.00925. The van der Waals surface area contributed by atoms with Gasteiger partial charge in [-0.15, -0.1) is 0 Å². The van der Waals surface area contributed by atoms with Gasteiger partial charge in [-0.25, -0.2) is 0 Å². The quantitative estimate of drug-likeness (QED) is 0.705. The Morgan fingerprint density at radius 2 is 1.83 bits per heavy atom. The maximum absolute atomic E-state index is 12.5. The van der Waals surface area contributed by atoms with Gasteiger partial charge in [0.15, 0.2) is 11.5 Å². The van der Waals surface area contributed by atoms with Gasteiger partial charge >= 0.3 is 0 Å². The Hall–Kier alpha value is -2.95. The molecule has 2 fully saturated rings. The third-order valence-corrected chi connectivity index (χ3v) is 5.96. The predicted octanol–water partition coefficient (Wildman–Crippen LogP) is 4.71. The first-order chi connectivity index (χ1) is 14.7. The molecule has 1 amide bonds. The van der Waals surface area contributed by atoms with E-state index in [1.807, 2.05) is 36.4 Å². The molecule has 30 heavy (non-hydrogen) atoms. The van der Waals surface area contributed by atoms with E-state index < -0.39 is 0 Å². The van der Waals surface area contributed by atoms with Gasteiger partial charge in [-0.3, -0.25) is 4.79 Å². The molecule has 1 heterocycles. The van der Waals surface area contributed by atoms with Crippen molar-refractivity contribution in [1.29, 1.82) is 0 Å². The van der Waals surface area contributed by atoms with Gasteiger partial charge in [-0.05, 0) is 73.6 Å². The molecular weight excluding hydrogens is 378 g/mol. The van der Waals surface area contributed by atoms with Crippen molar-refractivity contribution in [1.82, 2.24) is 5.32 Å². The van der Waals surface area contributed by atoms with Crippen molar-refractivity contribution in [2.45, 2.75) is 44.1 Å². The van der Waals surface area contributed by atoms with Crippen LogP contribution >= 0.6 is 0 Å². The van der Waals surface area contributed by atoms with Crippen molar-refractivity contribution in [3.63, 3.8) is 0 Å². The summed E-state index contributed by atoms with van der Waals surface area (Å²) in [4.78, 5) is 12.5. The smallest absolute Gasteiger partial charge is 0.247 e. The largest absolute Gasteiger partial charge is 0.497 e. The van der Waals surface area contributed by atoms with E-state index in [1.54, 1.807) is 14.2 Å². The molecule has 2 aromatic carbocycles. The third-order valence-electron chi connectivity index (χ3n) is 5.96. The van der Waals surface area contributed by atoms with Crippen LogP contribution in [0.4, 0.5) is 0 Å². The summed E-state index contributed by atoms with van der Waals surface area (Å²) in [5.41, 5.74) is 2.88. The Morgan fingerprint density at radius 3 is 2.60 bits per heavy atom. The normalized spacial score (nSPS) is 20.8. The molecule has 5 heteroatoms. The number of rotatable bonds is 6. The van der Waals surface area contributed by atoms with Crippen molar-refractivity contribution in [3.8, 4) is 17.2 Å². The molecule has 0 unspecified atom stereocenters. The monoisotopic (exact) mass is 407 g/mol. The molecule has 2 aliphatic rings. The maximum atomic E-state index is 12.5. The van der Waals surface area contributed by atoms with E-state index in [2.05, 4.69) is 17.4 Å². The lowest BCUT2D eigenvalue weighted by Gasteiger charge is -2.26. The fourth-order valence-electron chi connectivity index (χ4n) is 4.28. The first kappa shape index (κ1) is 20.3. The number of carbonyl (C=O) groups excluding carboxylic acids is 1. The van der Waals surface area contributed by atoms with Crippen LogP contribution in [-0.4, -0.2) is 32.8 Å². The SMILES string of the molecule is COc1cccc(/C=C2\C[C@@H](c3ccc(OC)c(OC4CCCC4)c3)CNC2=O)c1. The van der Waals surface area contributed by atoms with Crippen LogP contribution in [0.25, 0.3) is 6.08 Å². The van der Waals surface area contributed by atoms with Crippen LogP contribution in [-0.2, 0) is 4.79 Å². The van der Waals surface area contributed by atoms with Crippen molar-refractivity contribution in [2.24, 2.45) is 0 Å². The Kier molecular flexibility index (Phi) is 6.26. The molecule has 158 valence electrons. The molecule has 0 radical (unpaired) electrons. The number of ether oxygens (including phenoxy) is 3. The molecule has 1 atom stereocenters. The Morgan fingerprint density at radius 1 is 1.00 bits per heavy atom. The van der Waals surface area contributed by atoms with Crippen LogP contribution < -0.4 is 19.5 Å². The maximum Gasteiger partial charge on any atom is 0.247 e. The molecule has 1 aliphatic carbocycles. The highest BCUT2D eigenvalue weighted by atomic mass is 16.5. The first-order valence-corrected chi connectivity index (χ1v) is 10.6. The average molecular weight is 408 g/mol. The molecule has 0 aromatic heterocycles. The number of hydrogen-bond acceptors (Lipinski definition) is 4. The molecule has 0 bridgehead atoms. The highest BCUT2D eigenvalue weighted by molar-refractivity contribution is 5.98. The van der Waals surface area contributed by atoms with E-state index in [-0.39, 0.29) is 17.9 Å². The van der Waals surface area contributed by atoms with E-state index >= 15 is 0 Å². The highest BCUT2D eigenvalue weighted by Gasteiger charge is 2.26. The summed E-state index contributed by atoms with van der Waals surface area (Å²) < 4.78 is 17.1. The standard InChI is InChI=1S/C25H29NO4/c1-28-22-9-5-6-17(13-22)12-19-14-20(16-26-25(19)27)18-10-11-23(29-2)24(15-18)30-21-7-3-4-8-21/h5-6,9-13,15,20-21H,3-4,7-8,14,16H2,1-2H3,(H,26,27)/b19-12+/t20-/m1/s1. The molecule has 1 N–H and O–H groups in total. The fraction of sp³-hybridized carbons (Fsp3) is 0.400. The molecule has 1 aliphatic heterocycles. The van der Waals surface area contributed by atoms with Crippen LogP contribution in [0.15, 0.2) is 48.0 Å². The number of methoxy groups -OCH3 is 2. The lowest BCUT2D eigenvalue weighted by atomic mass is 9.87. The average Bonchev–Trinajstić information content (AvgIpc) is 3.28. The van der Waals surface area contributed by atoms with Crippen LogP contribution in [0.5, 0.6) is 17.2 Å². The number of amides is 1. The summed E-state index contributed by atoms with van der Waals surface area (Å²) >= 11 is 0. The zero-order valence-corrected chi connectivity index (χ0v) is 17.6. The van der Waals surface area contributed by atoms with E-state index in [9.17, 15) is 4.79 Å². The summed E-state index contributed by atoms with van der Waals surface area (Å²) in [6.07, 6.45) is 7.53. The molecule has 0 spiro atoms. The minimum atomic E-state index is -0.00925. The topological polar surface area (TPSA) is 56.8 Å². The second-order valence-electron chi connectivity index (χ2n) is 7.99. The van der Waals surface area contributed by atoms with Crippen LogP contribution in [0.1, 0.15) is 49.1 Å². The lowest BCUT2D eigenvalue weighted by molar-refractivity contribution is -0.118. The van der Waals surface area contributed by atoms with E-state index in [1.165, 1.54) is 12.8 Å². The summed E-state index contributed by atoms with van der Waals surface area (Å²) in [5, 5.41) is 3.04. The van der Waals surface area contributed by atoms with Gasteiger partial charge in [0, 0.05) is 18.0 Å². The van der Waals surface area contributed by atoms with Crippen LogP contribution in [0, 0.1) is 0 Å². The van der Waals surface area contributed by atoms with E-state index in [0.717, 1.165) is 46.8 Å². The van der Waals surface area contributed by atoms with Crippen molar-refractivity contribution in [3.05, 3.63) is 59.2 Å². The van der Waals surface area contributed by atoms with Crippen LogP contribution in [0.2, 0.25) is 0 Å². The van der Waals surface area contributed by atoms with Crippen molar-refractivity contribution in [2.75, 3.05) is 20.8 Å². The number of carbonyl (C=O) groups is 1. The minimum Gasteiger partial charge on any atom is -0.497 e. The van der Waals surface area contributed by atoms with Gasteiger partial charge in [0.1, 0.15) is 5.75 Å². The second-order valence-corrected chi connectivity index (χ2v) is 7.99. The van der Waals surface area contributed by atoms with Gasteiger partial charge in [0.25, 0.3) is 0 Å². The predicted molar refractivity (Wildman–Crippen MR) is 117 cm³/mol. The lowest BCUT2D eigenvalue weighted by Crippen LogP contribution is -2.35. The molecule has 1 saturated carbocycles. The number of piperidine rings is 1. The number of benzene rings is 2. The van der Waals surface area contributed by atoms with Crippen molar-refractivity contribution >= 4 is 12.0 Å². The van der Waals surface area contributed by atoms with Gasteiger partial charge < -0.3 is 19.5 Å². The van der Waals surface area contributed by atoms with Gasteiger partial charge in [0.05, 0.1) is 20.3 Å². The molecular formula is C25H29NO4. The Labute approximate surface area is 178 Å². The third kappa shape index (κ3) is 4.61. The van der Waals surface area contributed by atoms with Crippen molar-refractivity contribution < 1.29 is 19.0 Å². The fourth-order valence-corrected chi connectivity index (χ4v) is 4.28. The van der Waals surface area contributed by atoms with E-state index in [0.29, 0.717) is 13.0 Å². The van der Waals surface area contributed by atoms with Crippen LogP contribution in [0.3, 0.4) is 0 Å². The summed E-state index contributed by atoms with van der Waals surface area (Å²) in [5.74, 6) is 2.53. The molecule has 2 aromatic rings. The summed E-state index contributed by atoms with van der Waals surface area (Å²) in [6.45, 7) is 0.615. The Balaban J connectivity index is 1.56. The second kappa shape index (κ2) is 9.24. The molecule has 1 saturated heterocycles. The highest BCUT2D eigenvalue weighted by Crippen LogP contribution is 2.36. The van der Waals surface area contributed by atoms with Gasteiger partial charge in [0.2, 0.25) is 5.91 Å².